The van der Waals surface area contributed by atoms with Gasteiger partial charge in [-0.1, -0.05) is 36.4 Å². The van der Waals surface area contributed by atoms with Gasteiger partial charge in [0.05, 0.1) is 12.2 Å². The molecule has 0 aliphatic carbocycles. The van der Waals surface area contributed by atoms with Crippen LogP contribution in [0.2, 0.25) is 0 Å². The van der Waals surface area contributed by atoms with Crippen molar-refractivity contribution in [3.8, 4) is 11.1 Å². The minimum atomic E-state index is -0.544. The summed E-state index contributed by atoms with van der Waals surface area (Å²) in [5.74, 6) is -0.976. The van der Waals surface area contributed by atoms with Gasteiger partial charge in [0, 0.05) is 0 Å². The Kier molecular flexibility index (Phi) is 4.84. The number of benzene rings is 2. The number of primary amides is 1. The number of anilines is 1. The van der Waals surface area contributed by atoms with E-state index in [4.69, 9.17) is 18.0 Å². The molecular formula is C15H14FN3OS. The Hall–Kier alpha value is -2.47. The molecule has 0 atom stereocenters. The average molecular weight is 303 g/mol. The zero-order chi connectivity index (χ0) is 15.2. The zero-order valence-electron chi connectivity index (χ0n) is 11.1. The number of thiocarbonyl (C=S) groups is 1. The summed E-state index contributed by atoms with van der Waals surface area (Å²) in [6.45, 7) is -0.105. The van der Waals surface area contributed by atoms with Crippen molar-refractivity contribution < 1.29 is 9.18 Å². The number of amides is 1. The first-order valence-corrected chi connectivity index (χ1v) is 6.65. The van der Waals surface area contributed by atoms with E-state index >= 15 is 0 Å². The van der Waals surface area contributed by atoms with Crippen molar-refractivity contribution in [1.82, 2.24) is 5.32 Å². The van der Waals surface area contributed by atoms with E-state index in [0.717, 1.165) is 11.1 Å². The summed E-state index contributed by atoms with van der Waals surface area (Å²) in [6, 6.07) is 14.3. The molecule has 1 amide bonds. The van der Waals surface area contributed by atoms with Gasteiger partial charge in [0.1, 0.15) is 5.82 Å². The molecule has 2 aromatic rings. The first-order chi connectivity index (χ1) is 10.1. The summed E-state index contributed by atoms with van der Waals surface area (Å²) in [4.78, 5) is 10.7. The van der Waals surface area contributed by atoms with Gasteiger partial charge < -0.3 is 16.4 Å². The predicted octanol–water partition coefficient (Wildman–Crippen LogP) is 2.26. The van der Waals surface area contributed by atoms with Gasteiger partial charge in [0.15, 0.2) is 5.11 Å². The van der Waals surface area contributed by atoms with Crippen molar-refractivity contribution in [2.45, 2.75) is 0 Å². The average Bonchev–Trinajstić information content (AvgIpc) is 2.48. The molecule has 0 spiro atoms. The molecule has 4 N–H and O–H groups in total. The molecule has 0 unspecified atom stereocenters. The van der Waals surface area contributed by atoms with Gasteiger partial charge in [-0.05, 0) is 35.5 Å². The minimum absolute atomic E-state index is 0.105. The number of carbonyl (C=O) groups excluding carboxylic acids is 1. The van der Waals surface area contributed by atoms with Crippen molar-refractivity contribution in [2.75, 3.05) is 11.9 Å². The smallest absolute Gasteiger partial charge is 0.236 e. The summed E-state index contributed by atoms with van der Waals surface area (Å²) in [5.41, 5.74) is 7.06. The van der Waals surface area contributed by atoms with Crippen LogP contribution in [0.4, 0.5) is 10.1 Å². The monoisotopic (exact) mass is 303 g/mol. The number of halogens is 1. The van der Waals surface area contributed by atoms with Gasteiger partial charge in [-0.2, -0.15) is 0 Å². The molecule has 2 aromatic carbocycles. The van der Waals surface area contributed by atoms with Gasteiger partial charge >= 0.3 is 0 Å². The second-order valence-corrected chi connectivity index (χ2v) is 4.74. The fourth-order valence-corrected chi connectivity index (χ4v) is 1.95. The van der Waals surface area contributed by atoms with Crippen LogP contribution in [-0.4, -0.2) is 17.6 Å². The fourth-order valence-electron chi connectivity index (χ4n) is 1.77. The van der Waals surface area contributed by atoms with E-state index in [9.17, 15) is 9.18 Å². The van der Waals surface area contributed by atoms with E-state index in [1.807, 2.05) is 30.3 Å². The molecule has 0 aliphatic heterocycles. The van der Waals surface area contributed by atoms with Crippen molar-refractivity contribution in [3.05, 3.63) is 54.3 Å². The summed E-state index contributed by atoms with van der Waals surface area (Å²) in [7, 11) is 0. The maximum Gasteiger partial charge on any atom is 0.236 e. The van der Waals surface area contributed by atoms with Crippen molar-refractivity contribution in [2.24, 2.45) is 5.73 Å². The lowest BCUT2D eigenvalue weighted by atomic mass is 10.1. The predicted molar refractivity (Wildman–Crippen MR) is 85.3 cm³/mol. The van der Waals surface area contributed by atoms with Gasteiger partial charge in [-0.15, -0.1) is 0 Å². The molecule has 0 bridgehead atoms. The van der Waals surface area contributed by atoms with Crippen molar-refractivity contribution >= 4 is 28.9 Å². The summed E-state index contributed by atoms with van der Waals surface area (Å²) < 4.78 is 13.8. The first kappa shape index (κ1) is 14.9. The number of carbonyl (C=O) groups is 1. The van der Waals surface area contributed by atoms with Crippen LogP contribution in [0.3, 0.4) is 0 Å². The van der Waals surface area contributed by atoms with Crippen molar-refractivity contribution in [3.63, 3.8) is 0 Å². The van der Waals surface area contributed by atoms with Gasteiger partial charge in [-0.3, -0.25) is 4.79 Å². The van der Waals surface area contributed by atoms with Gasteiger partial charge in [0.25, 0.3) is 0 Å². The van der Waals surface area contributed by atoms with E-state index in [0.29, 0.717) is 0 Å². The van der Waals surface area contributed by atoms with Crippen LogP contribution in [0.25, 0.3) is 11.1 Å². The number of hydrogen-bond acceptors (Lipinski definition) is 2. The molecule has 0 heterocycles. The van der Waals surface area contributed by atoms with E-state index in [2.05, 4.69) is 10.6 Å². The lowest BCUT2D eigenvalue weighted by Crippen LogP contribution is -2.36. The standard InChI is InChI=1S/C15H14FN3OS/c16-12-7-6-11(10-4-2-1-3-5-10)8-13(12)19-15(21)18-9-14(17)20/h1-8H,9H2,(H2,17,20)(H2,18,19,21). The highest BCUT2D eigenvalue weighted by molar-refractivity contribution is 7.80. The van der Waals surface area contributed by atoms with Crippen LogP contribution >= 0.6 is 12.2 Å². The Morgan fingerprint density at radius 1 is 1.14 bits per heavy atom. The quantitative estimate of drug-likeness (QED) is 0.758. The van der Waals surface area contributed by atoms with Crippen molar-refractivity contribution in [1.29, 1.82) is 0 Å². The van der Waals surface area contributed by atoms with Crippen LogP contribution in [0.15, 0.2) is 48.5 Å². The molecule has 0 radical (unpaired) electrons. The highest BCUT2D eigenvalue weighted by Crippen LogP contribution is 2.24. The Morgan fingerprint density at radius 3 is 2.52 bits per heavy atom. The fraction of sp³-hybridized carbons (Fsp3) is 0.0667. The number of nitrogens with one attached hydrogen (secondary N) is 2. The molecule has 0 saturated carbocycles. The number of rotatable bonds is 4. The SMILES string of the molecule is NC(=O)CNC(=S)Nc1cc(-c2ccccc2)ccc1F. The molecule has 0 saturated heterocycles. The normalized spacial score (nSPS) is 9.95. The molecule has 0 aromatic heterocycles. The third-order valence-corrected chi connectivity index (χ3v) is 2.99. The van der Waals surface area contributed by atoms with E-state index in [1.165, 1.54) is 6.07 Å². The van der Waals surface area contributed by atoms with Crippen LogP contribution in [-0.2, 0) is 4.79 Å². The molecule has 108 valence electrons. The third-order valence-electron chi connectivity index (χ3n) is 2.74. The molecule has 4 nitrogen and oxygen atoms in total. The van der Waals surface area contributed by atoms with Gasteiger partial charge in [0.2, 0.25) is 5.91 Å². The molecule has 0 aliphatic rings. The van der Waals surface area contributed by atoms with Crippen LogP contribution < -0.4 is 16.4 Å². The minimum Gasteiger partial charge on any atom is -0.368 e. The number of hydrogen-bond donors (Lipinski definition) is 3. The Labute approximate surface area is 127 Å². The largest absolute Gasteiger partial charge is 0.368 e. The zero-order valence-corrected chi connectivity index (χ0v) is 11.9. The lowest BCUT2D eigenvalue weighted by Gasteiger charge is -2.11. The second kappa shape index (κ2) is 6.81. The second-order valence-electron chi connectivity index (χ2n) is 4.33. The van der Waals surface area contributed by atoms with Gasteiger partial charge in [-0.25, -0.2) is 4.39 Å². The van der Waals surface area contributed by atoms with E-state index in [-0.39, 0.29) is 17.3 Å². The topological polar surface area (TPSA) is 67.2 Å². The molecule has 2 rings (SSSR count). The van der Waals surface area contributed by atoms with E-state index in [1.54, 1.807) is 12.1 Å². The lowest BCUT2D eigenvalue weighted by molar-refractivity contribution is -0.116. The number of nitrogens with two attached hydrogens (primary N) is 1. The summed E-state index contributed by atoms with van der Waals surface area (Å²) in [6.07, 6.45) is 0. The maximum absolute atomic E-state index is 13.8. The molecule has 0 fully saturated rings. The Balaban J connectivity index is 2.16. The maximum atomic E-state index is 13.8. The Bertz CT molecular complexity index is 661. The third kappa shape index (κ3) is 4.25. The highest BCUT2D eigenvalue weighted by Gasteiger charge is 2.07. The van der Waals surface area contributed by atoms with Crippen LogP contribution in [0, 0.1) is 5.82 Å². The molecular weight excluding hydrogens is 289 g/mol. The Morgan fingerprint density at radius 2 is 1.86 bits per heavy atom. The first-order valence-electron chi connectivity index (χ1n) is 6.24. The summed E-state index contributed by atoms with van der Waals surface area (Å²) in [5, 5.41) is 5.45. The van der Waals surface area contributed by atoms with Crippen LogP contribution in [0.1, 0.15) is 0 Å². The summed E-state index contributed by atoms with van der Waals surface area (Å²) >= 11 is 4.98. The molecule has 21 heavy (non-hydrogen) atoms. The van der Waals surface area contributed by atoms with E-state index < -0.39 is 11.7 Å². The molecule has 6 heteroatoms. The highest BCUT2D eigenvalue weighted by atomic mass is 32.1. The van der Waals surface area contributed by atoms with Crippen LogP contribution in [0.5, 0.6) is 0 Å².